The Kier molecular flexibility index (Phi) is 5.30. The third-order valence-electron chi connectivity index (χ3n) is 4.94. The van der Waals surface area contributed by atoms with Gasteiger partial charge in [-0.15, -0.1) is 0 Å². The second-order valence-corrected chi connectivity index (χ2v) is 8.45. The van der Waals surface area contributed by atoms with Crippen molar-refractivity contribution in [1.29, 1.82) is 5.26 Å². The first kappa shape index (κ1) is 18.4. The average molecular weight is 370 g/mol. The molecule has 2 aromatic rings. The van der Waals surface area contributed by atoms with Gasteiger partial charge in [-0.25, -0.2) is 8.42 Å². The van der Waals surface area contributed by atoms with Crippen LogP contribution >= 0.6 is 0 Å². The maximum absolute atomic E-state index is 13.0. The standard InChI is InChI=1S/C20H22N2O3S/c1-15-12-16(14-21)6-7-20(15)26(23,24)22-10-8-17(9-11-22)18-4-3-5-19(13-18)25-2/h3-7,12-13,17H,8-11H2,1-2H3. The Labute approximate surface area is 154 Å². The first-order valence-corrected chi connectivity index (χ1v) is 10.0. The molecule has 1 aliphatic heterocycles. The second-order valence-electron chi connectivity index (χ2n) is 6.55. The van der Waals surface area contributed by atoms with Gasteiger partial charge in [-0.2, -0.15) is 9.57 Å². The number of rotatable bonds is 4. The molecular formula is C20H22N2O3S. The molecule has 5 nitrogen and oxygen atoms in total. The summed E-state index contributed by atoms with van der Waals surface area (Å²) in [6.07, 6.45) is 1.56. The second kappa shape index (κ2) is 7.48. The van der Waals surface area contributed by atoms with E-state index in [2.05, 4.69) is 6.07 Å². The van der Waals surface area contributed by atoms with Crippen LogP contribution in [0.1, 0.15) is 35.4 Å². The van der Waals surface area contributed by atoms with E-state index in [1.165, 1.54) is 11.6 Å². The number of nitrogens with zero attached hydrogens (tertiary/aromatic N) is 2. The summed E-state index contributed by atoms with van der Waals surface area (Å²) < 4.78 is 32.8. The van der Waals surface area contributed by atoms with Crippen LogP contribution in [-0.4, -0.2) is 32.9 Å². The van der Waals surface area contributed by atoms with E-state index < -0.39 is 10.0 Å². The highest BCUT2D eigenvalue weighted by Gasteiger charge is 2.31. The van der Waals surface area contributed by atoms with Crippen LogP contribution in [0.3, 0.4) is 0 Å². The van der Waals surface area contributed by atoms with Crippen molar-refractivity contribution in [3.05, 3.63) is 59.2 Å². The van der Waals surface area contributed by atoms with Gasteiger partial charge in [0.15, 0.2) is 0 Å². The molecule has 0 aliphatic carbocycles. The van der Waals surface area contributed by atoms with E-state index in [0.717, 1.165) is 18.6 Å². The van der Waals surface area contributed by atoms with Crippen molar-refractivity contribution in [2.24, 2.45) is 0 Å². The van der Waals surface area contributed by atoms with Crippen molar-refractivity contribution in [3.8, 4) is 11.8 Å². The molecule has 26 heavy (non-hydrogen) atoms. The van der Waals surface area contributed by atoms with Crippen LogP contribution in [0, 0.1) is 18.3 Å². The fourth-order valence-electron chi connectivity index (χ4n) is 3.47. The van der Waals surface area contributed by atoms with E-state index in [-0.39, 0.29) is 4.90 Å². The van der Waals surface area contributed by atoms with Crippen molar-refractivity contribution in [2.75, 3.05) is 20.2 Å². The molecular weight excluding hydrogens is 348 g/mol. The third kappa shape index (κ3) is 3.59. The molecule has 6 heteroatoms. The van der Waals surface area contributed by atoms with Crippen molar-refractivity contribution in [2.45, 2.75) is 30.6 Å². The van der Waals surface area contributed by atoms with E-state index in [4.69, 9.17) is 10.00 Å². The normalized spacial score (nSPS) is 16.2. The average Bonchev–Trinajstić information content (AvgIpc) is 2.67. The molecule has 1 heterocycles. The number of methoxy groups -OCH3 is 1. The SMILES string of the molecule is COc1cccc(C2CCN(S(=O)(=O)c3ccc(C#N)cc3C)CC2)c1. The van der Waals surface area contributed by atoms with E-state index in [1.807, 2.05) is 24.3 Å². The quantitative estimate of drug-likeness (QED) is 0.826. The first-order chi connectivity index (χ1) is 12.5. The van der Waals surface area contributed by atoms with Gasteiger partial charge in [-0.3, -0.25) is 0 Å². The zero-order valence-electron chi connectivity index (χ0n) is 15.0. The monoisotopic (exact) mass is 370 g/mol. The molecule has 136 valence electrons. The zero-order chi connectivity index (χ0) is 18.7. The van der Waals surface area contributed by atoms with Gasteiger partial charge in [0.25, 0.3) is 0 Å². The van der Waals surface area contributed by atoms with Crippen LogP contribution in [0.15, 0.2) is 47.4 Å². The summed E-state index contributed by atoms with van der Waals surface area (Å²) in [4.78, 5) is 0.288. The number of nitriles is 1. The Morgan fingerprint density at radius 3 is 2.50 bits per heavy atom. The molecule has 0 spiro atoms. The highest BCUT2D eigenvalue weighted by molar-refractivity contribution is 7.89. The molecule has 1 fully saturated rings. The Balaban J connectivity index is 1.75. The maximum atomic E-state index is 13.0. The first-order valence-electron chi connectivity index (χ1n) is 8.60. The molecule has 0 N–H and O–H groups in total. The maximum Gasteiger partial charge on any atom is 0.243 e. The number of hydrogen-bond acceptors (Lipinski definition) is 4. The molecule has 0 bridgehead atoms. The van der Waals surface area contributed by atoms with Crippen LogP contribution in [0.4, 0.5) is 0 Å². The van der Waals surface area contributed by atoms with Gasteiger partial charge in [0, 0.05) is 13.1 Å². The number of benzene rings is 2. The van der Waals surface area contributed by atoms with Gasteiger partial charge in [-0.05, 0) is 67.1 Å². The summed E-state index contributed by atoms with van der Waals surface area (Å²) in [6.45, 7) is 2.71. The number of aryl methyl sites for hydroxylation is 1. The molecule has 0 unspecified atom stereocenters. The Morgan fingerprint density at radius 2 is 1.88 bits per heavy atom. The number of hydrogen-bond donors (Lipinski definition) is 0. The predicted octanol–water partition coefficient (Wildman–Crippen LogP) is 3.44. The highest BCUT2D eigenvalue weighted by Crippen LogP contribution is 2.32. The Bertz CT molecular complexity index is 940. The lowest BCUT2D eigenvalue weighted by Crippen LogP contribution is -2.38. The van der Waals surface area contributed by atoms with Crippen LogP contribution in [0.2, 0.25) is 0 Å². The predicted molar refractivity (Wildman–Crippen MR) is 99.6 cm³/mol. The van der Waals surface area contributed by atoms with E-state index in [0.29, 0.717) is 30.1 Å². The summed E-state index contributed by atoms with van der Waals surface area (Å²) >= 11 is 0. The summed E-state index contributed by atoms with van der Waals surface area (Å²) in [5.41, 5.74) is 2.27. The van der Waals surface area contributed by atoms with Crippen molar-refractivity contribution in [1.82, 2.24) is 4.31 Å². The molecule has 1 aliphatic rings. The van der Waals surface area contributed by atoms with E-state index >= 15 is 0 Å². The molecule has 3 rings (SSSR count). The van der Waals surface area contributed by atoms with Crippen LogP contribution < -0.4 is 4.74 Å². The number of ether oxygens (including phenoxy) is 1. The van der Waals surface area contributed by atoms with Crippen molar-refractivity contribution < 1.29 is 13.2 Å². The molecule has 0 amide bonds. The Hall–Kier alpha value is -2.36. The number of sulfonamides is 1. The summed E-state index contributed by atoms with van der Waals surface area (Å²) in [5, 5.41) is 8.96. The minimum absolute atomic E-state index is 0.288. The zero-order valence-corrected chi connectivity index (χ0v) is 15.8. The highest BCUT2D eigenvalue weighted by atomic mass is 32.2. The topological polar surface area (TPSA) is 70.4 Å². The van der Waals surface area contributed by atoms with Crippen LogP contribution in [0.5, 0.6) is 5.75 Å². The lowest BCUT2D eigenvalue weighted by Gasteiger charge is -2.32. The van der Waals surface area contributed by atoms with E-state index in [9.17, 15) is 8.42 Å². The fourth-order valence-corrected chi connectivity index (χ4v) is 5.15. The fraction of sp³-hybridized carbons (Fsp3) is 0.350. The summed E-state index contributed by atoms with van der Waals surface area (Å²) in [5.74, 6) is 1.16. The van der Waals surface area contributed by atoms with E-state index in [1.54, 1.807) is 30.5 Å². The summed E-state index contributed by atoms with van der Waals surface area (Å²) in [6, 6.07) is 14.7. The van der Waals surface area contributed by atoms with Gasteiger partial charge in [0.2, 0.25) is 10.0 Å². The molecule has 0 aromatic heterocycles. The third-order valence-corrected chi connectivity index (χ3v) is 7.00. The van der Waals surface area contributed by atoms with Gasteiger partial charge in [0.1, 0.15) is 5.75 Å². The molecule has 0 atom stereocenters. The van der Waals surface area contributed by atoms with Crippen molar-refractivity contribution in [3.63, 3.8) is 0 Å². The summed E-state index contributed by atoms with van der Waals surface area (Å²) in [7, 11) is -1.89. The largest absolute Gasteiger partial charge is 0.497 e. The Morgan fingerprint density at radius 1 is 1.15 bits per heavy atom. The van der Waals surface area contributed by atoms with Crippen LogP contribution in [-0.2, 0) is 10.0 Å². The van der Waals surface area contributed by atoms with Crippen LogP contribution in [0.25, 0.3) is 0 Å². The lowest BCUT2D eigenvalue weighted by molar-refractivity contribution is 0.318. The molecule has 0 radical (unpaired) electrons. The number of piperidine rings is 1. The van der Waals surface area contributed by atoms with Gasteiger partial charge < -0.3 is 4.74 Å². The van der Waals surface area contributed by atoms with Gasteiger partial charge >= 0.3 is 0 Å². The minimum atomic E-state index is -3.54. The molecule has 2 aromatic carbocycles. The smallest absolute Gasteiger partial charge is 0.243 e. The lowest BCUT2D eigenvalue weighted by atomic mass is 9.90. The van der Waals surface area contributed by atoms with Crippen molar-refractivity contribution >= 4 is 10.0 Å². The van der Waals surface area contributed by atoms with Gasteiger partial charge in [-0.1, -0.05) is 12.1 Å². The molecule has 0 saturated carbocycles. The molecule has 1 saturated heterocycles. The minimum Gasteiger partial charge on any atom is -0.497 e. The van der Waals surface area contributed by atoms with Gasteiger partial charge in [0.05, 0.1) is 23.6 Å².